The first-order valence-corrected chi connectivity index (χ1v) is 12.3. The van der Waals surface area contributed by atoms with Crippen molar-refractivity contribution < 1.29 is 22.7 Å². The van der Waals surface area contributed by atoms with Crippen LogP contribution in [0.3, 0.4) is 0 Å². The Labute approximate surface area is 201 Å². The second-order valence-corrected chi connectivity index (χ2v) is 9.92. The summed E-state index contributed by atoms with van der Waals surface area (Å²) in [5.74, 6) is 0.770. The molecule has 1 amide bonds. The van der Waals surface area contributed by atoms with E-state index in [0.29, 0.717) is 17.2 Å². The minimum Gasteiger partial charge on any atom is -0.497 e. The molecule has 180 valence electrons. The van der Waals surface area contributed by atoms with Gasteiger partial charge in [0.25, 0.3) is 10.0 Å². The summed E-state index contributed by atoms with van der Waals surface area (Å²) < 4.78 is 38.9. The number of anilines is 1. The van der Waals surface area contributed by atoms with E-state index < -0.39 is 22.0 Å². The standard InChI is InChI=1S/C26H30N2O5S/c1-18-9-12-23(13-10-18)34(30,31)28(21-8-6-7-19(2)15-21)17-26(29)27-20(3)24-16-22(32-4)11-14-25(24)33-5/h6-16,20H,17H2,1-5H3,(H,27,29)/t20-/m0/s1. The van der Waals surface area contributed by atoms with Crippen molar-refractivity contribution in [3.05, 3.63) is 83.4 Å². The molecule has 0 fully saturated rings. The zero-order chi connectivity index (χ0) is 24.9. The van der Waals surface area contributed by atoms with Crippen molar-refractivity contribution in [1.29, 1.82) is 0 Å². The number of methoxy groups -OCH3 is 2. The van der Waals surface area contributed by atoms with Crippen molar-refractivity contribution in [2.75, 3.05) is 25.1 Å². The molecule has 0 aliphatic carbocycles. The second-order valence-electron chi connectivity index (χ2n) is 8.06. The first-order valence-electron chi connectivity index (χ1n) is 10.8. The minimum atomic E-state index is -3.98. The van der Waals surface area contributed by atoms with Gasteiger partial charge in [0.1, 0.15) is 18.0 Å². The molecule has 0 aliphatic heterocycles. The number of nitrogens with zero attached hydrogens (tertiary/aromatic N) is 1. The first kappa shape index (κ1) is 25.1. The fourth-order valence-corrected chi connectivity index (χ4v) is 5.02. The summed E-state index contributed by atoms with van der Waals surface area (Å²) in [6, 6.07) is 18.5. The van der Waals surface area contributed by atoms with Gasteiger partial charge in [0, 0.05) is 5.56 Å². The number of nitrogens with one attached hydrogen (secondary N) is 1. The average molecular weight is 483 g/mol. The molecule has 0 unspecified atom stereocenters. The van der Waals surface area contributed by atoms with E-state index in [2.05, 4.69) is 5.32 Å². The Hall–Kier alpha value is -3.52. The van der Waals surface area contributed by atoms with Crippen molar-refractivity contribution in [2.45, 2.75) is 31.7 Å². The number of hydrogen-bond acceptors (Lipinski definition) is 5. The van der Waals surface area contributed by atoms with Gasteiger partial charge >= 0.3 is 0 Å². The molecule has 0 saturated carbocycles. The maximum atomic E-state index is 13.5. The Morgan fingerprint density at radius 1 is 0.941 bits per heavy atom. The highest BCUT2D eigenvalue weighted by Crippen LogP contribution is 2.30. The van der Waals surface area contributed by atoms with Gasteiger partial charge in [-0.25, -0.2) is 8.42 Å². The molecule has 1 atom stereocenters. The summed E-state index contributed by atoms with van der Waals surface area (Å²) in [5, 5.41) is 2.89. The first-order chi connectivity index (χ1) is 16.1. The molecule has 34 heavy (non-hydrogen) atoms. The van der Waals surface area contributed by atoms with E-state index in [9.17, 15) is 13.2 Å². The number of benzene rings is 3. The fourth-order valence-electron chi connectivity index (χ4n) is 3.61. The Morgan fingerprint density at radius 3 is 2.26 bits per heavy atom. The topological polar surface area (TPSA) is 84.9 Å². The summed E-state index contributed by atoms with van der Waals surface area (Å²) in [4.78, 5) is 13.2. The van der Waals surface area contributed by atoms with Crippen LogP contribution >= 0.6 is 0 Å². The van der Waals surface area contributed by atoms with Crippen LogP contribution in [0.5, 0.6) is 11.5 Å². The van der Waals surface area contributed by atoms with Crippen LogP contribution in [0.4, 0.5) is 5.69 Å². The van der Waals surface area contributed by atoms with Gasteiger partial charge in [0.2, 0.25) is 5.91 Å². The zero-order valence-corrected chi connectivity index (χ0v) is 20.8. The van der Waals surface area contributed by atoms with Crippen molar-refractivity contribution in [2.24, 2.45) is 0 Å². The maximum Gasteiger partial charge on any atom is 0.264 e. The Kier molecular flexibility index (Phi) is 7.83. The number of hydrogen-bond donors (Lipinski definition) is 1. The van der Waals surface area contributed by atoms with Gasteiger partial charge in [-0.2, -0.15) is 0 Å². The normalized spacial score (nSPS) is 12.0. The lowest BCUT2D eigenvalue weighted by atomic mass is 10.1. The summed E-state index contributed by atoms with van der Waals surface area (Å²) in [5.41, 5.74) is 2.97. The zero-order valence-electron chi connectivity index (χ0n) is 20.0. The number of ether oxygens (including phenoxy) is 2. The molecule has 0 aliphatic rings. The van der Waals surface area contributed by atoms with Crippen LogP contribution in [0, 0.1) is 13.8 Å². The number of rotatable bonds is 9. The second kappa shape index (κ2) is 10.6. The van der Waals surface area contributed by atoms with E-state index >= 15 is 0 Å². The van der Waals surface area contributed by atoms with Crippen LogP contribution in [-0.2, 0) is 14.8 Å². The van der Waals surface area contributed by atoms with Crippen LogP contribution in [0.15, 0.2) is 71.6 Å². The number of amides is 1. The van der Waals surface area contributed by atoms with E-state index in [4.69, 9.17) is 9.47 Å². The molecule has 8 heteroatoms. The van der Waals surface area contributed by atoms with E-state index in [-0.39, 0.29) is 11.4 Å². The Bertz CT molecular complexity index is 1260. The van der Waals surface area contributed by atoms with Crippen LogP contribution in [0.1, 0.15) is 29.7 Å². The molecule has 0 radical (unpaired) electrons. The predicted octanol–water partition coefficient (Wildman–Crippen LogP) is 4.39. The molecule has 0 heterocycles. The number of carbonyl (C=O) groups excluding carboxylic acids is 1. The number of sulfonamides is 1. The maximum absolute atomic E-state index is 13.5. The molecule has 0 spiro atoms. The van der Waals surface area contributed by atoms with Gasteiger partial charge in [-0.1, -0.05) is 29.8 Å². The third-order valence-electron chi connectivity index (χ3n) is 5.47. The lowest BCUT2D eigenvalue weighted by Crippen LogP contribution is -2.41. The molecular weight excluding hydrogens is 452 g/mol. The van der Waals surface area contributed by atoms with Crippen LogP contribution in [-0.4, -0.2) is 35.1 Å². The summed E-state index contributed by atoms with van der Waals surface area (Å²) >= 11 is 0. The van der Waals surface area contributed by atoms with Crippen molar-refractivity contribution >= 4 is 21.6 Å². The number of carbonyl (C=O) groups is 1. The molecule has 0 aromatic heterocycles. The molecular formula is C26H30N2O5S. The van der Waals surface area contributed by atoms with Crippen LogP contribution < -0.4 is 19.1 Å². The van der Waals surface area contributed by atoms with Gasteiger partial charge in [-0.05, 0) is 68.8 Å². The van der Waals surface area contributed by atoms with E-state index in [1.807, 2.05) is 19.9 Å². The van der Waals surface area contributed by atoms with Crippen molar-refractivity contribution in [3.63, 3.8) is 0 Å². The SMILES string of the molecule is COc1ccc(OC)c([C@H](C)NC(=O)CN(c2cccc(C)c2)S(=O)(=O)c2ccc(C)cc2)c1. The minimum absolute atomic E-state index is 0.120. The summed E-state index contributed by atoms with van der Waals surface area (Å²) in [6.07, 6.45) is 0. The van der Waals surface area contributed by atoms with Gasteiger partial charge < -0.3 is 14.8 Å². The third-order valence-corrected chi connectivity index (χ3v) is 7.25. The molecule has 3 rings (SSSR count). The fraction of sp³-hybridized carbons (Fsp3) is 0.269. The number of aryl methyl sites for hydroxylation is 2. The highest BCUT2D eigenvalue weighted by atomic mass is 32.2. The highest BCUT2D eigenvalue weighted by molar-refractivity contribution is 7.92. The van der Waals surface area contributed by atoms with Crippen LogP contribution in [0.25, 0.3) is 0 Å². The van der Waals surface area contributed by atoms with Gasteiger partial charge in [-0.3, -0.25) is 9.10 Å². The third kappa shape index (κ3) is 5.69. The Morgan fingerprint density at radius 2 is 1.65 bits per heavy atom. The lowest BCUT2D eigenvalue weighted by Gasteiger charge is -2.26. The molecule has 1 N–H and O–H groups in total. The van der Waals surface area contributed by atoms with E-state index in [0.717, 1.165) is 21.0 Å². The van der Waals surface area contributed by atoms with Gasteiger partial charge in [0.05, 0.1) is 30.8 Å². The quantitative estimate of drug-likeness (QED) is 0.489. The Balaban J connectivity index is 1.91. The summed E-state index contributed by atoms with van der Waals surface area (Å²) in [6.45, 7) is 5.19. The largest absolute Gasteiger partial charge is 0.497 e. The molecule has 7 nitrogen and oxygen atoms in total. The van der Waals surface area contributed by atoms with Gasteiger partial charge in [-0.15, -0.1) is 0 Å². The van der Waals surface area contributed by atoms with Crippen molar-refractivity contribution in [1.82, 2.24) is 5.32 Å². The highest BCUT2D eigenvalue weighted by Gasteiger charge is 2.28. The van der Waals surface area contributed by atoms with E-state index in [1.165, 1.54) is 0 Å². The molecule has 3 aromatic rings. The molecule has 3 aromatic carbocycles. The van der Waals surface area contributed by atoms with Crippen LogP contribution in [0.2, 0.25) is 0 Å². The average Bonchev–Trinajstić information content (AvgIpc) is 2.82. The molecule has 0 bridgehead atoms. The van der Waals surface area contributed by atoms with E-state index in [1.54, 1.807) is 81.8 Å². The molecule has 0 saturated heterocycles. The lowest BCUT2D eigenvalue weighted by molar-refractivity contribution is -0.120. The smallest absolute Gasteiger partial charge is 0.264 e. The predicted molar refractivity (Wildman–Crippen MR) is 133 cm³/mol. The van der Waals surface area contributed by atoms with Crippen molar-refractivity contribution in [3.8, 4) is 11.5 Å². The monoisotopic (exact) mass is 482 g/mol. The van der Waals surface area contributed by atoms with Gasteiger partial charge in [0.15, 0.2) is 0 Å². The summed E-state index contributed by atoms with van der Waals surface area (Å²) in [7, 11) is -0.870.